The van der Waals surface area contributed by atoms with E-state index in [-0.39, 0.29) is 31.5 Å². The van der Waals surface area contributed by atoms with Crippen molar-refractivity contribution in [1.82, 2.24) is 10.6 Å². The van der Waals surface area contributed by atoms with Crippen LogP contribution in [0.4, 0.5) is 0 Å². The zero-order valence-electron chi connectivity index (χ0n) is 8.58. The molecule has 0 aromatic carbocycles. The lowest BCUT2D eigenvalue weighted by molar-refractivity contribution is -0.126. The summed E-state index contributed by atoms with van der Waals surface area (Å²) in [6, 6.07) is -0.343. The number of hydrogen-bond acceptors (Lipinski definition) is 4. The third kappa shape index (κ3) is 7.44. The van der Waals surface area contributed by atoms with Crippen LogP contribution in [0.5, 0.6) is 0 Å². The first-order valence-electron chi connectivity index (χ1n) is 4.50. The smallest absolute Gasteiger partial charge is 0.239 e. The second kappa shape index (κ2) is 6.77. The maximum Gasteiger partial charge on any atom is 0.239 e. The molecule has 0 aliphatic rings. The summed E-state index contributed by atoms with van der Waals surface area (Å²) < 4.78 is 0. The molecule has 15 heavy (non-hydrogen) atoms. The van der Waals surface area contributed by atoms with Crippen LogP contribution in [0.15, 0.2) is 0 Å². The van der Waals surface area contributed by atoms with Crippen molar-refractivity contribution in [2.45, 2.75) is 19.4 Å². The molecule has 3 amide bonds. The largest absolute Gasteiger partial charge is 0.370 e. The molecule has 0 aromatic rings. The Bertz CT molecular complexity index is 254. The molecule has 0 aliphatic heterocycles. The van der Waals surface area contributed by atoms with Crippen LogP contribution in [0.2, 0.25) is 0 Å². The zero-order valence-corrected chi connectivity index (χ0v) is 8.58. The number of nitrogens with two attached hydrogens (primary N) is 2. The Morgan fingerprint density at radius 3 is 2.33 bits per heavy atom. The van der Waals surface area contributed by atoms with Gasteiger partial charge < -0.3 is 22.1 Å². The van der Waals surface area contributed by atoms with Gasteiger partial charge in [0, 0.05) is 12.5 Å². The van der Waals surface area contributed by atoms with Crippen molar-refractivity contribution in [2.24, 2.45) is 11.5 Å². The topological polar surface area (TPSA) is 127 Å². The lowest BCUT2D eigenvalue weighted by Crippen LogP contribution is -2.43. The van der Waals surface area contributed by atoms with Gasteiger partial charge in [-0.1, -0.05) is 0 Å². The van der Waals surface area contributed by atoms with Crippen molar-refractivity contribution in [3.05, 3.63) is 0 Å². The van der Waals surface area contributed by atoms with Crippen LogP contribution in [0, 0.1) is 0 Å². The molecule has 0 saturated heterocycles. The highest BCUT2D eigenvalue weighted by Gasteiger charge is 2.10. The number of carbonyl (C=O) groups is 3. The molecule has 7 nitrogen and oxygen atoms in total. The van der Waals surface area contributed by atoms with Crippen LogP contribution in [-0.4, -0.2) is 36.9 Å². The zero-order chi connectivity index (χ0) is 11.8. The fourth-order valence-corrected chi connectivity index (χ4v) is 0.930. The van der Waals surface area contributed by atoms with Gasteiger partial charge >= 0.3 is 0 Å². The number of rotatable bonds is 6. The predicted octanol–water partition coefficient (Wildman–Crippen LogP) is -2.56. The average Bonchev–Trinajstić information content (AvgIpc) is 2.12. The SMILES string of the molecule is CC(CC(N)=O)NC(=O)CNC(=O)CN. The highest BCUT2D eigenvalue weighted by atomic mass is 16.2. The molecule has 7 heteroatoms. The molecule has 0 heterocycles. The fraction of sp³-hybridized carbons (Fsp3) is 0.625. The van der Waals surface area contributed by atoms with Crippen molar-refractivity contribution in [1.29, 1.82) is 0 Å². The summed E-state index contributed by atoms with van der Waals surface area (Å²) in [6.07, 6.45) is 0.0660. The molecule has 1 unspecified atom stereocenters. The predicted molar refractivity (Wildman–Crippen MR) is 53.5 cm³/mol. The Morgan fingerprint density at radius 2 is 1.87 bits per heavy atom. The average molecular weight is 216 g/mol. The van der Waals surface area contributed by atoms with E-state index in [9.17, 15) is 14.4 Å². The van der Waals surface area contributed by atoms with Crippen LogP contribution in [-0.2, 0) is 14.4 Å². The van der Waals surface area contributed by atoms with Gasteiger partial charge in [0.05, 0.1) is 13.1 Å². The first kappa shape index (κ1) is 13.4. The molecule has 0 bridgehead atoms. The van der Waals surface area contributed by atoms with Crippen LogP contribution < -0.4 is 22.1 Å². The molecule has 0 spiro atoms. The van der Waals surface area contributed by atoms with Gasteiger partial charge in [-0.05, 0) is 6.92 Å². The summed E-state index contributed by atoms with van der Waals surface area (Å²) in [5.74, 6) is -1.29. The molecule has 0 aliphatic carbocycles. The summed E-state index contributed by atoms with van der Waals surface area (Å²) in [7, 11) is 0. The minimum atomic E-state index is -0.492. The van der Waals surface area contributed by atoms with Crippen molar-refractivity contribution in [2.75, 3.05) is 13.1 Å². The summed E-state index contributed by atoms with van der Waals surface area (Å²) >= 11 is 0. The summed E-state index contributed by atoms with van der Waals surface area (Å²) in [4.78, 5) is 32.3. The first-order chi connectivity index (χ1) is 6.95. The second-order valence-corrected chi connectivity index (χ2v) is 3.12. The Morgan fingerprint density at radius 1 is 1.27 bits per heavy atom. The maximum absolute atomic E-state index is 11.1. The third-order valence-corrected chi connectivity index (χ3v) is 1.55. The van der Waals surface area contributed by atoms with Gasteiger partial charge in [0.2, 0.25) is 17.7 Å². The molecule has 0 rings (SSSR count). The standard InChI is InChI=1S/C8H16N4O3/c1-5(2-6(10)13)12-8(15)4-11-7(14)3-9/h5H,2-4,9H2,1H3,(H2,10,13)(H,11,14)(H,12,15). The van der Waals surface area contributed by atoms with E-state index >= 15 is 0 Å². The van der Waals surface area contributed by atoms with Gasteiger partial charge in [-0.25, -0.2) is 0 Å². The van der Waals surface area contributed by atoms with Crippen LogP contribution in [0.3, 0.4) is 0 Å². The Balaban J connectivity index is 3.73. The van der Waals surface area contributed by atoms with Crippen molar-refractivity contribution in [3.63, 3.8) is 0 Å². The van der Waals surface area contributed by atoms with Crippen molar-refractivity contribution in [3.8, 4) is 0 Å². The maximum atomic E-state index is 11.1. The number of nitrogens with one attached hydrogen (secondary N) is 2. The van der Waals surface area contributed by atoms with E-state index in [1.54, 1.807) is 6.92 Å². The van der Waals surface area contributed by atoms with Crippen LogP contribution in [0.1, 0.15) is 13.3 Å². The summed E-state index contributed by atoms with van der Waals surface area (Å²) in [5, 5.41) is 4.79. The molecular formula is C8H16N4O3. The van der Waals surface area contributed by atoms with Gasteiger partial charge in [0.15, 0.2) is 0 Å². The van der Waals surface area contributed by atoms with Gasteiger partial charge in [0.25, 0.3) is 0 Å². The second-order valence-electron chi connectivity index (χ2n) is 3.12. The minimum Gasteiger partial charge on any atom is -0.370 e. The van der Waals surface area contributed by atoms with Crippen molar-refractivity contribution < 1.29 is 14.4 Å². The molecule has 0 saturated carbocycles. The minimum absolute atomic E-state index is 0.0660. The van der Waals surface area contributed by atoms with Crippen LogP contribution >= 0.6 is 0 Å². The van der Waals surface area contributed by atoms with Gasteiger partial charge in [-0.15, -0.1) is 0 Å². The van der Waals surface area contributed by atoms with E-state index in [0.29, 0.717) is 0 Å². The fourth-order valence-electron chi connectivity index (χ4n) is 0.930. The van der Waals surface area contributed by atoms with Crippen LogP contribution in [0.25, 0.3) is 0 Å². The van der Waals surface area contributed by atoms with E-state index in [0.717, 1.165) is 0 Å². The number of carbonyl (C=O) groups excluding carboxylic acids is 3. The molecule has 0 radical (unpaired) electrons. The normalized spacial score (nSPS) is 11.6. The van der Waals surface area contributed by atoms with E-state index in [2.05, 4.69) is 10.6 Å². The molecular weight excluding hydrogens is 200 g/mol. The van der Waals surface area contributed by atoms with E-state index in [1.165, 1.54) is 0 Å². The van der Waals surface area contributed by atoms with Crippen molar-refractivity contribution >= 4 is 17.7 Å². The molecule has 0 aromatic heterocycles. The van der Waals surface area contributed by atoms with Gasteiger partial charge in [-0.3, -0.25) is 14.4 Å². The van der Waals surface area contributed by atoms with Gasteiger partial charge in [0.1, 0.15) is 0 Å². The van der Waals surface area contributed by atoms with E-state index in [4.69, 9.17) is 11.5 Å². The highest BCUT2D eigenvalue weighted by Crippen LogP contribution is 1.87. The van der Waals surface area contributed by atoms with Gasteiger partial charge in [-0.2, -0.15) is 0 Å². The lowest BCUT2D eigenvalue weighted by Gasteiger charge is -2.11. The molecule has 86 valence electrons. The molecule has 6 N–H and O–H groups in total. The Kier molecular flexibility index (Phi) is 6.03. The lowest BCUT2D eigenvalue weighted by atomic mass is 10.2. The highest BCUT2D eigenvalue weighted by molar-refractivity contribution is 5.85. The number of hydrogen-bond donors (Lipinski definition) is 4. The van der Waals surface area contributed by atoms with E-state index in [1.807, 2.05) is 0 Å². The quantitative estimate of drug-likeness (QED) is 0.389. The monoisotopic (exact) mass is 216 g/mol. The third-order valence-electron chi connectivity index (χ3n) is 1.55. The van der Waals surface area contributed by atoms with E-state index < -0.39 is 11.8 Å². The molecule has 0 fully saturated rings. The Hall–Kier alpha value is -1.63. The Labute approximate surface area is 87.6 Å². The first-order valence-corrected chi connectivity index (χ1v) is 4.50. The number of amides is 3. The molecule has 1 atom stereocenters. The number of primary amides is 1. The summed E-state index contributed by atoms with van der Waals surface area (Å²) in [6.45, 7) is 1.33. The summed E-state index contributed by atoms with van der Waals surface area (Å²) in [5.41, 5.74) is 9.96.